The second kappa shape index (κ2) is 6.58. The molecule has 4 heteroatoms. The number of hydrogen-bond donors (Lipinski definition) is 2. The van der Waals surface area contributed by atoms with E-state index < -0.39 is 0 Å². The summed E-state index contributed by atoms with van der Waals surface area (Å²) in [6.45, 7) is 2.10. The van der Waals surface area contributed by atoms with Crippen molar-refractivity contribution in [2.24, 2.45) is 18.9 Å². The number of aromatic nitrogens is 2. The first-order valence-corrected chi connectivity index (χ1v) is 8.01. The predicted octanol–water partition coefficient (Wildman–Crippen LogP) is 2.46. The van der Waals surface area contributed by atoms with E-state index >= 15 is 0 Å². The van der Waals surface area contributed by atoms with Gasteiger partial charge in [0.05, 0.1) is 17.6 Å². The van der Waals surface area contributed by atoms with Crippen LogP contribution in [0.5, 0.6) is 0 Å². The zero-order valence-electron chi connectivity index (χ0n) is 12.8. The van der Waals surface area contributed by atoms with Gasteiger partial charge >= 0.3 is 0 Å². The molecule has 0 radical (unpaired) electrons. The zero-order chi connectivity index (χ0) is 14.7. The van der Waals surface area contributed by atoms with Crippen LogP contribution in [0.1, 0.15) is 31.5 Å². The van der Waals surface area contributed by atoms with Gasteiger partial charge in [0.1, 0.15) is 5.82 Å². The highest BCUT2D eigenvalue weighted by molar-refractivity contribution is 5.75. The molecule has 1 aliphatic carbocycles. The van der Waals surface area contributed by atoms with E-state index in [0.717, 1.165) is 24.4 Å². The van der Waals surface area contributed by atoms with Gasteiger partial charge in [0.15, 0.2) is 0 Å². The van der Waals surface area contributed by atoms with Crippen LogP contribution in [0.25, 0.3) is 11.0 Å². The molecule has 0 saturated heterocycles. The van der Waals surface area contributed by atoms with Gasteiger partial charge in [-0.25, -0.2) is 4.98 Å². The average Bonchev–Trinajstić information content (AvgIpc) is 2.85. The van der Waals surface area contributed by atoms with Crippen LogP contribution in [0.2, 0.25) is 0 Å². The molecule has 1 aliphatic rings. The molecule has 1 saturated carbocycles. The molecule has 1 heterocycles. The van der Waals surface area contributed by atoms with Crippen molar-refractivity contribution in [3.05, 3.63) is 30.1 Å². The molecular weight excluding hydrogens is 262 g/mol. The molecule has 2 aromatic rings. The quantitative estimate of drug-likeness (QED) is 0.888. The Bertz CT molecular complexity index is 593. The lowest BCUT2D eigenvalue weighted by Gasteiger charge is -2.30. The molecule has 0 amide bonds. The Morgan fingerprint density at radius 1 is 1.24 bits per heavy atom. The Morgan fingerprint density at radius 3 is 2.76 bits per heavy atom. The molecule has 0 spiro atoms. The molecule has 114 valence electrons. The highest BCUT2D eigenvalue weighted by Crippen LogP contribution is 2.29. The summed E-state index contributed by atoms with van der Waals surface area (Å²) in [5, 5.41) is 13.0. The van der Waals surface area contributed by atoms with Gasteiger partial charge in [-0.05, 0) is 43.4 Å². The van der Waals surface area contributed by atoms with Crippen molar-refractivity contribution in [2.75, 3.05) is 13.2 Å². The standard InChI is InChI=1S/C17H25N3O/c1-20-16-9-5-4-8-15(16)19-17(20)11-18-10-13-6-2-3-7-14(13)12-21/h4-5,8-9,13-14,18,21H,2-3,6-7,10-12H2,1H3. The second-order valence-corrected chi connectivity index (χ2v) is 6.19. The van der Waals surface area contributed by atoms with Crippen molar-refractivity contribution in [1.29, 1.82) is 0 Å². The summed E-state index contributed by atoms with van der Waals surface area (Å²) in [5.74, 6) is 2.16. The highest BCUT2D eigenvalue weighted by Gasteiger charge is 2.24. The number of aryl methyl sites for hydroxylation is 1. The first-order chi connectivity index (χ1) is 10.3. The third-order valence-corrected chi connectivity index (χ3v) is 4.87. The molecule has 4 nitrogen and oxygen atoms in total. The number of imidazole rings is 1. The van der Waals surface area contributed by atoms with Gasteiger partial charge in [0.2, 0.25) is 0 Å². The van der Waals surface area contributed by atoms with E-state index in [-0.39, 0.29) is 0 Å². The Morgan fingerprint density at radius 2 is 2.00 bits per heavy atom. The van der Waals surface area contributed by atoms with Gasteiger partial charge in [-0.1, -0.05) is 25.0 Å². The number of hydrogen-bond acceptors (Lipinski definition) is 3. The third-order valence-electron chi connectivity index (χ3n) is 4.87. The molecule has 1 fully saturated rings. The lowest BCUT2D eigenvalue weighted by atomic mass is 9.79. The minimum absolute atomic E-state index is 0.332. The zero-order valence-corrected chi connectivity index (χ0v) is 12.8. The van der Waals surface area contributed by atoms with Gasteiger partial charge in [-0.3, -0.25) is 0 Å². The summed E-state index contributed by atoms with van der Waals surface area (Å²) in [6.07, 6.45) is 4.98. The summed E-state index contributed by atoms with van der Waals surface area (Å²) in [7, 11) is 2.07. The lowest BCUT2D eigenvalue weighted by Crippen LogP contribution is -2.32. The van der Waals surface area contributed by atoms with E-state index in [1.54, 1.807) is 0 Å². The summed E-state index contributed by atoms with van der Waals surface area (Å²) >= 11 is 0. The summed E-state index contributed by atoms with van der Waals surface area (Å²) < 4.78 is 2.16. The first kappa shape index (κ1) is 14.5. The van der Waals surface area contributed by atoms with E-state index in [9.17, 15) is 5.11 Å². The van der Waals surface area contributed by atoms with Gasteiger partial charge in [0.25, 0.3) is 0 Å². The number of para-hydroxylation sites is 2. The molecule has 2 atom stereocenters. The van der Waals surface area contributed by atoms with Gasteiger partial charge in [-0.2, -0.15) is 0 Å². The molecule has 2 N–H and O–H groups in total. The Kier molecular flexibility index (Phi) is 4.56. The molecule has 2 unspecified atom stereocenters. The molecular formula is C17H25N3O. The van der Waals surface area contributed by atoms with Gasteiger partial charge in [0, 0.05) is 13.7 Å². The SMILES string of the molecule is Cn1c(CNCC2CCCCC2CO)nc2ccccc21. The van der Waals surface area contributed by atoms with Crippen LogP contribution < -0.4 is 5.32 Å². The third kappa shape index (κ3) is 3.11. The van der Waals surface area contributed by atoms with Crippen LogP contribution in [0.3, 0.4) is 0 Å². The fourth-order valence-electron chi connectivity index (χ4n) is 3.52. The van der Waals surface area contributed by atoms with Crippen molar-refractivity contribution >= 4 is 11.0 Å². The highest BCUT2D eigenvalue weighted by atomic mass is 16.3. The number of nitrogens with one attached hydrogen (secondary N) is 1. The van der Waals surface area contributed by atoms with Crippen LogP contribution in [-0.2, 0) is 13.6 Å². The van der Waals surface area contributed by atoms with E-state index in [2.05, 4.69) is 40.1 Å². The Labute approximate surface area is 126 Å². The van der Waals surface area contributed by atoms with Crippen molar-refractivity contribution in [3.8, 4) is 0 Å². The Hall–Kier alpha value is -1.39. The van der Waals surface area contributed by atoms with Crippen molar-refractivity contribution in [2.45, 2.75) is 32.2 Å². The van der Waals surface area contributed by atoms with Gasteiger partial charge < -0.3 is 15.0 Å². The molecule has 0 bridgehead atoms. The molecule has 1 aromatic carbocycles. The summed E-state index contributed by atoms with van der Waals surface area (Å²) in [5.41, 5.74) is 2.24. The largest absolute Gasteiger partial charge is 0.396 e. The van der Waals surface area contributed by atoms with E-state index in [1.165, 1.54) is 31.2 Å². The van der Waals surface area contributed by atoms with Crippen molar-refractivity contribution in [3.63, 3.8) is 0 Å². The predicted molar refractivity (Wildman–Crippen MR) is 85.0 cm³/mol. The maximum Gasteiger partial charge on any atom is 0.123 e. The van der Waals surface area contributed by atoms with E-state index in [0.29, 0.717) is 18.4 Å². The van der Waals surface area contributed by atoms with Crippen molar-refractivity contribution in [1.82, 2.24) is 14.9 Å². The molecule has 3 rings (SSSR count). The van der Waals surface area contributed by atoms with Crippen LogP contribution in [0.15, 0.2) is 24.3 Å². The number of nitrogens with zero attached hydrogens (tertiary/aromatic N) is 2. The summed E-state index contributed by atoms with van der Waals surface area (Å²) in [4.78, 5) is 4.69. The van der Waals surface area contributed by atoms with Crippen LogP contribution >= 0.6 is 0 Å². The first-order valence-electron chi connectivity index (χ1n) is 8.01. The average molecular weight is 287 g/mol. The number of rotatable bonds is 5. The van der Waals surface area contributed by atoms with Crippen LogP contribution in [0.4, 0.5) is 0 Å². The Balaban J connectivity index is 1.60. The smallest absolute Gasteiger partial charge is 0.123 e. The van der Waals surface area contributed by atoms with Crippen LogP contribution in [-0.4, -0.2) is 27.8 Å². The maximum absolute atomic E-state index is 9.47. The fourth-order valence-corrected chi connectivity index (χ4v) is 3.52. The maximum atomic E-state index is 9.47. The fraction of sp³-hybridized carbons (Fsp3) is 0.588. The number of benzene rings is 1. The molecule has 0 aliphatic heterocycles. The van der Waals surface area contributed by atoms with Crippen LogP contribution in [0, 0.1) is 11.8 Å². The topological polar surface area (TPSA) is 50.1 Å². The number of fused-ring (bicyclic) bond motifs is 1. The van der Waals surface area contributed by atoms with Crippen molar-refractivity contribution < 1.29 is 5.11 Å². The number of aliphatic hydroxyl groups is 1. The summed E-state index contributed by atoms with van der Waals surface area (Å²) in [6, 6.07) is 8.24. The minimum atomic E-state index is 0.332. The minimum Gasteiger partial charge on any atom is -0.396 e. The second-order valence-electron chi connectivity index (χ2n) is 6.19. The lowest BCUT2D eigenvalue weighted by molar-refractivity contribution is 0.133. The van der Waals surface area contributed by atoms with Gasteiger partial charge in [-0.15, -0.1) is 0 Å². The van der Waals surface area contributed by atoms with E-state index in [1.807, 2.05) is 6.07 Å². The molecule has 1 aromatic heterocycles. The molecule has 21 heavy (non-hydrogen) atoms. The normalized spacial score (nSPS) is 22.8. The van der Waals surface area contributed by atoms with E-state index in [4.69, 9.17) is 0 Å². The number of aliphatic hydroxyl groups excluding tert-OH is 1. The monoisotopic (exact) mass is 287 g/mol.